The van der Waals surface area contributed by atoms with E-state index in [4.69, 9.17) is 9.72 Å². The van der Waals surface area contributed by atoms with Crippen LogP contribution in [0.25, 0.3) is 11.0 Å². The normalized spacial score (nSPS) is 14.0. The van der Waals surface area contributed by atoms with Crippen molar-refractivity contribution in [2.75, 3.05) is 50.6 Å². The Morgan fingerprint density at radius 1 is 1.13 bits per heavy atom. The predicted molar refractivity (Wildman–Crippen MR) is 114 cm³/mol. The number of rotatable bonds is 5. The lowest BCUT2D eigenvalue weighted by Gasteiger charge is -2.27. The van der Waals surface area contributed by atoms with Crippen LogP contribution in [0.5, 0.6) is 0 Å². The van der Waals surface area contributed by atoms with Gasteiger partial charge in [0.05, 0.1) is 30.6 Å². The van der Waals surface area contributed by atoms with Gasteiger partial charge >= 0.3 is 0 Å². The molecule has 2 heterocycles. The highest BCUT2D eigenvalue weighted by Gasteiger charge is 2.17. The predicted octanol–water partition coefficient (Wildman–Crippen LogP) is 3.06. The number of nitrogens with zero attached hydrogens (tertiary/aromatic N) is 4. The summed E-state index contributed by atoms with van der Waals surface area (Å²) in [6.07, 6.45) is 1.68. The van der Waals surface area contributed by atoms with Crippen molar-refractivity contribution in [3.8, 4) is 0 Å². The number of amides is 1. The third-order valence-corrected chi connectivity index (χ3v) is 5.03. The van der Waals surface area contributed by atoms with Gasteiger partial charge < -0.3 is 19.9 Å². The number of benzene rings is 2. The molecule has 3 aromatic rings. The molecule has 1 aliphatic heterocycles. The summed E-state index contributed by atoms with van der Waals surface area (Å²) in [6.45, 7) is 2.82. The number of carbonyl (C=O) groups is 1. The van der Waals surface area contributed by atoms with Crippen molar-refractivity contribution in [3.05, 3.63) is 59.3 Å². The first-order chi connectivity index (χ1) is 14.9. The summed E-state index contributed by atoms with van der Waals surface area (Å²) in [4.78, 5) is 25.4. The maximum Gasteiger partial charge on any atom is 0.253 e. The minimum atomic E-state index is -0.646. The molecule has 162 valence electrons. The van der Waals surface area contributed by atoms with Crippen molar-refractivity contribution in [2.45, 2.75) is 6.54 Å². The molecule has 1 N–H and O–H groups in total. The zero-order chi connectivity index (χ0) is 22.0. The van der Waals surface area contributed by atoms with Crippen LogP contribution < -0.4 is 10.2 Å². The Kier molecular flexibility index (Phi) is 5.94. The fourth-order valence-corrected chi connectivity index (χ4v) is 3.48. The molecule has 1 saturated heterocycles. The molecule has 1 aliphatic rings. The van der Waals surface area contributed by atoms with Crippen LogP contribution in [-0.2, 0) is 11.3 Å². The Morgan fingerprint density at radius 2 is 1.84 bits per heavy atom. The quantitative estimate of drug-likeness (QED) is 0.675. The standard InChI is InChI=1S/C22H23F2N5O2/c1-28(2)22(30)15-9-18(25-12-14-7-16(23)11-17(24)8-14)21-19(10-15)26-13-20(27-21)29-3-5-31-6-4-29/h7-11,13,25H,3-6,12H2,1-2H3. The largest absolute Gasteiger partial charge is 0.379 e. The second-order valence-electron chi connectivity index (χ2n) is 7.55. The second-order valence-corrected chi connectivity index (χ2v) is 7.55. The minimum absolute atomic E-state index is 0.160. The van der Waals surface area contributed by atoms with Crippen LogP contribution in [0, 0.1) is 11.6 Å². The van der Waals surface area contributed by atoms with Crippen LogP contribution in [-0.4, -0.2) is 61.2 Å². The van der Waals surface area contributed by atoms with Gasteiger partial charge in [0.1, 0.15) is 23.0 Å². The number of nitrogens with one attached hydrogen (secondary N) is 1. The molecule has 2 aromatic carbocycles. The van der Waals surface area contributed by atoms with Crippen molar-refractivity contribution in [1.29, 1.82) is 0 Å². The molecule has 1 amide bonds. The molecule has 7 nitrogen and oxygen atoms in total. The van der Waals surface area contributed by atoms with Gasteiger partial charge in [-0.2, -0.15) is 0 Å². The number of carbonyl (C=O) groups excluding carboxylic acids is 1. The van der Waals surface area contributed by atoms with Gasteiger partial charge in [-0.25, -0.2) is 13.8 Å². The van der Waals surface area contributed by atoms with Gasteiger partial charge in [-0.05, 0) is 29.8 Å². The molecule has 0 radical (unpaired) electrons. The van der Waals surface area contributed by atoms with E-state index >= 15 is 0 Å². The first kappa shape index (κ1) is 20.9. The van der Waals surface area contributed by atoms with Crippen molar-refractivity contribution in [1.82, 2.24) is 14.9 Å². The van der Waals surface area contributed by atoms with E-state index in [1.54, 1.807) is 32.4 Å². The third kappa shape index (κ3) is 4.72. The smallest absolute Gasteiger partial charge is 0.253 e. The first-order valence-corrected chi connectivity index (χ1v) is 9.95. The van der Waals surface area contributed by atoms with E-state index in [1.165, 1.54) is 17.0 Å². The van der Waals surface area contributed by atoms with E-state index in [0.29, 0.717) is 60.0 Å². The van der Waals surface area contributed by atoms with E-state index in [2.05, 4.69) is 15.2 Å². The van der Waals surface area contributed by atoms with E-state index in [0.717, 1.165) is 6.07 Å². The molecule has 0 saturated carbocycles. The molecule has 0 spiro atoms. The van der Waals surface area contributed by atoms with Crippen molar-refractivity contribution < 1.29 is 18.3 Å². The Hall–Kier alpha value is -3.33. The van der Waals surface area contributed by atoms with Gasteiger partial charge in [-0.3, -0.25) is 9.78 Å². The summed E-state index contributed by atoms with van der Waals surface area (Å²) in [5.74, 6) is -0.761. The second kappa shape index (κ2) is 8.81. The third-order valence-electron chi connectivity index (χ3n) is 5.03. The fourth-order valence-electron chi connectivity index (χ4n) is 3.48. The summed E-state index contributed by atoms with van der Waals surface area (Å²) < 4.78 is 32.5. The molecular formula is C22H23F2N5O2. The van der Waals surface area contributed by atoms with Gasteiger partial charge in [-0.1, -0.05) is 0 Å². The maximum atomic E-state index is 13.6. The van der Waals surface area contributed by atoms with Crippen LogP contribution in [0.15, 0.2) is 36.5 Å². The number of anilines is 2. The molecule has 1 fully saturated rings. The van der Waals surface area contributed by atoms with Gasteiger partial charge in [0.15, 0.2) is 0 Å². The molecule has 1 aromatic heterocycles. The zero-order valence-corrected chi connectivity index (χ0v) is 17.4. The van der Waals surface area contributed by atoms with E-state index in [-0.39, 0.29) is 12.5 Å². The van der Waals surface area contributed by atoms with Crippen molar-refractivity contribution >= 4 is 28.4 Å². The highest BCUT2D eigenvalue weighted by Crippen LogP contribution is 2.27. The number of hydrogen-bond donors (Lipinski definition) is 1. The molecule has 4 rings (SSSR count). The topological polar surface area (TPSA) is 70.6 Å². The van der Waals surface area contributed by atoms with E-state index < -0.39 is 11.6 Å². The van der Waals surface area contributed by atoms with Crippen LogP contribution >= 0.6 is 0 Å². The highest BCUT2D eigenvalue weighted by molar-refractivity contribution is 6.01. The highest BCUT2D eigenvalue weighted by atomic mass is 19.1. The van der Waals surface area contributed by atoms with Crippen LogP contribution in [0.2, 0.25) is 0 Å². The van der Waals surface area contributed by atoms with Gasteiger partial charge in [-0.15, -0.1) is 0 Å². The summed E-state index contributed by atoms with van der Waals surface area (Å²) in [6, 6.07) is 6.74. The Morgan fingerprint density at radius 3 is 2.52 bits per heavy atom. The fraction of sp³-hybridized carbons (Fsp3) is 0.318. The van der Waals surface area contributed by atoms with Crippen LogP contribution in [0.4, 0.5) is 20.3 Å². The lowest BCUT2D eigenvalue weighted by atomic mass is 10.1. The van der Waals surface area contributed by atoms with Gasteiger partial charge in [0.25, 0.3) is 5.91 Å². The van der Waals surface area contributed by atoms with Crippen LogP contribution in [0.3, 0.4) is 0 Å². The molecule has 9 heteroatoms. The molecule has 0 aliphatic carbocycles. The summed E-state index contributed by atoms with van der Waals surface area (Å²) in [5.41, 5.74) is 2.58. The molecule has 0 unspecified atom stereocenters. The number of ether oxygens (including phenoxy) is 1. The summed E-state index contributed by atoms with van der Waals surface area (Å²) in [7, 11) is 3.34. The van der Waals surface area contributed by atoms with Crippen molar-refractivity contribution in [3.63, 3.8) is 0 Å². The Balaban J connectivity index is 1.73. The summed E-state index contributed by atoms with van der Waals surface area (Å²) in [5, 5.41) is 3.17. The average molecular weight is 427 g/mol. The number of aromatic nitrogens is 2. The minimum Gasteiger partial charge on any atom is -0.379 e. The molecule has 0 atom stereocenters. The lowest BCUT2D eigenvalue weighted by molar-refractivity contribution is 0.0827. The molecule has 31 heavy (non-hydrogen) atoms. The van der Waals surface area contributed by atoms with Crippen LogP contribution in [0.1, 0.15) is 15.9 Å². The summed E-state index contributed by atoms with van der Waals surface area (Å²) >= 11 is 0. The Labute approximate surface area is 178 Å². The lowest BCUT2D eigenvalue weighted by Crippen LogP contribution is -2.36. The zero-order valence-electron chi connectivity index (χ0n) is 17.4. The molecular weight excluding hydrogens is 404 g/mol. The van der Waals surface area contributed by atoms with Gasteiger partial charge in [0.2, 0.25) is 0 Å². The monoisotopic (exact) mass is 427 g/mol. The Bertz CT molecular complexity index is 1100. The first-order valence-electron chi connectivity index (χ1n) is 9.95. The van der Waals surface area contributed by atoms with E-state index in [9.17, 15) is 13.6 Å². The maximum absolute atomic E-state index is 13.6. The number of hydrogen-bond acceptors (Lipinski definition) is 6. The number of morpholine rings is 1. The molecule has 0 bridgehead atoms. The number of fused-ring (bicyclic) bond motifs is 1. The average Bonchev–Trinajstić information content (AvgIpc) is 2.76. The van der Waals surface area contributed by atoms with Crippen molar-refractivity contribution in [2.24, 2.45) is 0 Å². The van der Waals surface area contributed by atoms with Gasteiger partial charge in [0, 0.05) is 45.4 Å². The SMILES string of the molecule is CN(C)C(=O)c1cc(NCc2cc(F)cc(F)c2)c2nc(N3CCOCC3)cnc2c1. The number of halogens is 2. The van der Waals surface area contributed by atoms with E-state index in [1.807, 2.05) is 0 Å².